The van der Waals surface area contributed by atoms with Crippen LogP contribution in [0, 0.1) is 0 Å². The lowest BCUT2D eigenvalue weighted by atomic mass is 10.1. The van der Waals surface area contributed by atoms with Crippen molar-refractivity contribution in [2.45, 2.75) is 19.3 Å². The van der Waals surface area contributed by atoms with E-state index in [4.69, 9.17) is 4.74 Å². The molecule has 106 valence electrons. The van der Waals surface area contributed by atoms with E-state index >= 15 is 0 Å². The lowest BCUT2D eigenvalue weighted by Crippen LogP contribution is -2.11. The first-order chi connectivity index (χ1) is 10.2. The van der Waals surface area contributed by atoms with Crippen LogP contribution in [0.4, 0.5) is 0 Å². The molecule has 2 aromatic rings. The van der Waals surface area contributed by atoms with Crippen LogP contribution in [0.2, 0.25) is 0 Å². The quantitative estimate of drug-likeness (QED) is 0.793. The van der Waals surface area contributed by atoms with Gasteiger partial charge in [-0.25, -0.2) is 19.4 Å². The third-order valence-corrected chi connectivity index (χ3v) is 3.03. The molecule has 2 aromatic heterocycles. The molecule has 0 amide bonds. The van der Waals surface area contributed by atoms with Gasteiger partial charge in [-0.3, -0.25) is 4.79 Å². The lowest BCUT2D eigenvalue weighted by Gasteiger charge is -2.12. The van der Waals surface area contributed by atoms with Crippen LogP contribution in [0.15, 0.2) is 42.8 Å². The first kappa shape index (κ1) is 13.2. The van der Waals surface area contributed by atoms with Crippen molar-refractivity contribution in [3.05, 3.63) is 48.4 Å². The van der Waals surface area contributed by atoms with Crippen LogP contribution in [-0.2, 0) is 9.53 Å². The molecular weight excluding hydrogens is 272 g/mol. The van der Waals surface area contributed by atoms with E-state index in [0.29, 0.717) is 36.4 Å². The number of ether oxygens (including phenoxy) is 1. The van der Waals surface area contributed by atoms with E-state index in [-0.39, 0.29) is 5.78 Å². The fraction of sp³-hybridized carbons (Fsp3) is 0.214. The van der Waals surface area contributed by atoms with Gasteiger partial charge in [0.1, 0.15) is 18.4 Å². The van der Waals surface area contributed by atoms with Crippen LogP contribution < -0.4 is 0 Å². The van der Waals surface area contributed by atoms with Crippen molar-refractivity contribution >= 4 is 11.8 Å². The smallest absolute Gasteiger partial charge is 0.344 e. The van der Waals surface area contributed by atoms with Crippen LogP contribution in [0.5, 0.6) is 0 Å². The predicted molar refractivity (Wildman–Crippen MR) is 71.5 cm³/mol. The number of rotatable bonds is 3. The van der Waals surface area contributed by atoms with Gasteiger partial charge in [0.15, 0.2) is 11.6 Å². The number of nitrogens with zero attached hydrogens (tertiary/aromatic N) is 4. The van der Waals surface area contributed by atoms with E-state index < -0.39 is 5.97 Å². The maximum Gasteiger partial charge on any atom is 0.344 e. The molecule has 0 fully saturated rings. The summed E-state index contributed by atoms with van der Waals surface area (Å²) in [6, 6.07) is 3.24. The number of carbonyl (C=O) groups is 2. The molecule has 0 radical (unpaired) electrons. The molecule has 0 N–H and O–H groups in total. The molecule has 21 heavy (non-hydrogen) atoms. The number of allylic oxidation sites excluding steroid dienone is 2. The number of hydrogen-bond donors (Lipinski definition) is 0. The molecule has 0 saturated carbocycles. The molecule has 2 heterocycles. The maximum absolute atomic E-state index is 12.0. The Kier molecular flexibility index (Phi) is 3.55. The molecule has 0 bridgehead atoms. The molecule has 0 aliphatic heterocycles. The SMILES string of the molecule is O=C1C=C(OC(=O)c2ccc(-n3cncn3)nc2)CCC1. The van der Waals surface area contributed by atoms with Gasteiger partial charge >= 0.3 is 5.97 Å². The second kappa shape index (κ2) is 5.66. The number of ketones is 1. The largest absolute Gasteiger partial charge is 0.427 e. The number of esters is 1. The van der Waals surface area contributed by atoms with Crippen molar-refractivity contribution in [1.82, 2.24) is 19.7 Å². The first-order valence-corrected chi connectivity index (χ1v) is 6.49. The van der Waals surface area contributed by atoms with Crippen molar-refractivity contribution in [3.63, 3.8) is 0 Å². The van der Waals surface area contributed by atoms with Gasteiger partial charge in [0.2, 0.25) is 0 Å². The molecule has 7 nitrogen and oxygen atoms in total. The summed E-state index contributed by atoms with van der Waals surface area (Å²) >= 11 is 0. The first-order valence-electron chi connectivity index (χ1n) is 6.49. The van der Waals surface area contributed by atoms with E-state index in [1.54, 1.807) is 12.1 Å². The van der Waals surface area contributed by atoms with Gasteiger partial charge in [-0.15, -0.1) is 0 Å². The fourth-order valence-corrected chi connectivity index (χ4v) is 1.99. The van der Waals surface area contributed by atoms with Gasteiger partial charge < -0.3 is 4.74 Å². The minimum Gasteiger partial charge on any atom is -0.427 e. The zero-order chi connectivity index (χ0) is 14.7. The van der Waals surface area contributed by atoms with Gasteiger partial charge in [-0.2, -0.15) is 5.10 Å². The standard InChI is InChI=1S/C14H12N4O3/c19-11-2-1-3-12(6-11)21-14(20)10-4-5-13(16-7-10)18-9-15-8-17-18/h4-9H,1-3H2. The molecule has 0 atom stereocenters. The summed E-state index contributed by atoms with van der Waals surface area (Å²) < 4.78 is 6.69. The number of aromatic nitrogens is 4. The monoisotopic (exact) mass is 284 g/mol. The van der Waals surface area contributed by atoms with Crippen molar-refractivity contribution < 1.29 is 14.3 Å². The van der Waals surface area contributed by atoms with Crippen molar-refractivity contribution in [2.24, 2.45) is 0 Å². The molecule has 0 aromatic carbocycles. The Hall–Kier alpha value is -2.83. The van der Waals surface area contributed by atoms with E-state index in [9.17, 15) is 9.59 Å². The van der Waals surface area contributed by atoms with Crippen LogP contribution >= 0.6 is 0 Å². The van der Waals surface area contributed by atoms with Gasteiger partial charge in [-0.1, -0.05) is 0 Å². The summed E-state index contributed by atoms with van der Waals surface area (Å²) in [7, 11) is 0. The van der Waals surface area contributed by atoms with E-state index in [2.05, 4.69) is 15.1 Å². The van der Waals surface area contributed by atoms with Gasteiger partial charge in [0.25, 0.3) is 0 Å². The number of carbonyl (C=O) groups excluding carboxylic acids is 2. The molecular formula is C14H12N4O3. The maximum atomic E-state index is 12.0. The molecule has 7 heteroatoms. The number of pyridine rings is 1. The average molecular weight is 284 g/mol. The second-order valence-corrected chi connectivity index (χ2v) is 4.57. The number of hydrogen-bond acceptors (Lipinski definition) is 6. The zero-order valence-electron chi connectivity index (χ0n) is 11.1. The Morgan fingerprint density at radius 1 is 1.29 bits per heavy atom. The second-order valence-electron chi connectivity index (χ2n) is 4.57. The minimum atomic E-state index is -0.520. The average Bonchev–Trinajstić information content (AvgIpc) is 3.01. The zero-order valence-corrected chi connectivity index (χ0v) is 11.1. The summed E-state index contributed by atoms with van der Waals surface area (Å²) in [6.07, 6.45) is 7.52. The minimum absolute atomic E-state index is 0.0105. The van der Waals surface area contributed by atoms with E-state index in [1.807, 2.05) is 0 Å². The molecule has 1 aliphatic rings. The van der Waals surface area contributed by atoms with Crippen LogP contribution in [0.3, 0.4) is 0 Å². The Bertz CT molecular complexity index is 690. The lowest BCUT2D eigenvalue weighted by molar-refractivity contribution is -0.115. The van der Waals surface area contributed by atoms with Crippen LogP contribution in [-0.4, -0.2) is 31.5 Å². The summed E-state index contributed by atoms with van der Waals surface area (Å²) in [4.78, 5) is 31.2. The summed E-state index contributed by atoms with van der Waals surface area (Å²) in [5.41, 5.74) is 0.317. The highest BCUT2D eigenvalue weighted by Gasteiger charge is 2.16. The normalized spacial score (nSPS) is 14.7. The Morgan fingerprint density at radius 2 is 2.19 bits per heavy atom. The van der Waals surface area contributed by atoms with Crippen molar-refractivity contribution in [3.8, 4) is 5.82 Å². The Balaban J connectivity index is 1.72. The Labute approximate surface area is 120 Å². The highest BCUT2D eigenvalue weighted by atomic mass is 16.5. The Morgan fingerprint density at radius 3 is 2.86 bits per heavy atom. The molecule has 0 spiro atoms. The van der Waals surface area contributed by atoms with Crippen LogP contribution in [0.25, 0.3) is 5.82 Å². The molecule has 1 aliphatic carbocycles. The summed E-state index contributed by atoms with van der Waals surface area (Å²) in [6.45, 7) is 0. The van der Waals surface area contributed by atoms with Crippen LogP contribution in [0.1, 0.15) is 29.6 Å². The third kappa shape index (κ3) is 3.02. The van der Waals surface area contributed by atoms with E-state index in [0.717, 1.165) is 0 Å². The van der Waals surface area contributed by atoms with Gasteiger partial charge in [-0.05, 0) is 18.6 Å². The topological polar surface area (TPSA) is 87.0 Å². The van der Waals surface area contributed by atoms with Gasteiger partial charge in [0.05, 0.1) is 5.56 Å². The van der Waals surface area contributed by atoms with Crippen molar-refractivity contribution in [2.75, 3.05) is 0 Å². The molecule has 0 unspecified atom stereocenters. The van der Waals surface area contributed by atoms with Crippen molar-refractivity contribution in [1.29, 1.82) is 0 Å². The highest BCUT2D eigenvalue weighted by Crippen LogP contribution is 2.18. The third-order valence-electron chi connectivity index (χ3n) is 3.03. The van der Waals surface area contributed by atoms with Gasteiger partial charge in [0, 0.05) is 25.1 Å². The summed E-state index contributed by atoms with van der Waals surface area (Å²) in [5, 5.41) is 3.94. The molecule has 0 saturated heterocycles. The molecule has 3 rings (SSSR count). The fourth-order valence-electron chi connectivity index (χ4n) is 1.99. The summed E-state index contributed by atoms with van der Waals surface area (Å²) in [5.74, 6) is 0.435. The predicted octanol–water partition coefficient (Wildman–Crippen LogP) is 1.46. The highest BCUT2D eigenvalue weighted by molar-refractivity contribution is 5.93. The van der Waals surface area contributed by atoms with E-state index in [1.165, 1.54) is 29.6 Å².